The average molecular weight is 372 g/mol. The van der Waals surface area contributed by atoms with Crippen molar-refractivity contribution in [1.82, 2.24) is 4.98 Å². The fourth-order valence-corrected chi connectivity index (χ4v) is 2.60. The molecule has 0 fully saturated rings. The van der Waals surface area contributed by atoms with Gasteiger partial charge in [0.05, 0.1) is 0 Å². The number of hydrogen-bond acceptors (Lipinski definition) is 3. The lowest BCUT2D eigenvalue weighted by Gasteiger charge is -2.10. The quantitative estimate of drug-likeness (QED) is 0.665. The minimum absolute atomic E-state index is 0.232. The molecule has 2 aromatic carbocycles. The van der Waals surface area contributed by atoms with Crippen molar-refractivity contribution in [2.24, 2.45) is 0 Å². The Hall–Kier alpha value is -3.35. The van der Waals surface area contributed by atoms with Crippen LogP contribution >= 0.6 is 0 Å². The van der Waals surface area contributed by atoms with Crippen LogP contribution in [0.25, 0.3) is 16.8 Å². The molecular formula is C20H15F3N2O2. The number of fused-ring (bicyclic) bond motifs is 1. The van der Waals surface area contributed by atoms with Gasteiger partial charge in [-0.05, 0) is 54.3 Å². The van der Waals surface area contributed by atoms with E-state index in [4.69, 9.17) is 0 Å². The highest BCUT2D eigenvalue weighted by Crippen LogP contribution is 2.25. The van der Waals surface area contributed by atoms with Gasteiger partial charge in [-0.25, -0.2) is 0 Å². The van der Waals surface area contributed by atoms with E-state index in [1.807, 2.05) is 43.3 Å². The summed E-state index contributed by atoms with van der Waals surface area (Å²) in [5.74, 6) is -0.816. The SMILES string of the molecule is C/C=C/c1ccc2c(C(=O)Nc3ccc(OC(F)(F)F)cc3)nccc2c1. The Bertz CT molecular complexity index is 996. The van der Waals surface area contributed by atoms with Crippen LogP contribution in [0.15, 0.2) is 60.8 Å². The first-order valence-electron chi connectivity index (χ1n) is 8.04. The number of rotatable bonds is 4. The van der Waals surface area contributed by atoms with Crippen LogP contribution in [0.2, 0.25) is 0 Å². The van der Waals surface area contributed by atoms with E-state index < -0.39 is 12.3 Å². The van der Waals surface area contributed by atoms with E-state index in [2.05, 4.69) is 15.0 Å². The second-order valence-corrected chi connectivity index (χ2v) is 5.67. The Balaban J connectivity index is 1.82. The molecule has 3 rings (SSSR count). The van der Waals surface area contributed by atoms with Crippen molar-refractivity contribution < 1.29 is 22.7 Å². The number of aromatic nitrogens is 1. The van der Waals surface area contributed by atoms with Crippen molar-refractivity contribution in [3.8, 4) is 5.75 Å². The van der Waals surface area contributed by atoms with Crippen LogP contribution in [0.1, 0.15) is 23.0 Å². The molecule has 0 spiro atoms. The zero-order chi connectivity index (χ0) is 19.4. The van der Waals surface area contributed by atoms with Crippen molar-refractivity contribution in [3.05, 3.63) is 72.1 Å². The van der Waals surface area contributed by atoms with Crippen LogP contribution in [0.3, 0.4) is 0 Å². The molecule has 138 valence electrons. The number of alkyl halides is 3. The van der Waals surface area contributed by atoms with Gasteiger partial charge in [0.15, 0.2) is 0 Å². The van der Waals surface area contributed by atoms with E-state index in [0.717, 1.165) is 23.1 Å². The zero-order valence-electron chi connectivity index (χ0n) is 14.2. The largest absolute Gasteiger partial charge is 0.573 e. The first-order chi connectivity index (χ1) is 12.9. The molecule has 0 aliphatic carbocycles. The molecule has 0 radical (unpaired) electrons. The maximum absolute atomic E-state index is 12.6. The smallest absolute Gasteiger partial charge is 0.406 e. The number of nitrogens with zero attached hydrogens (tertiary/aromatic N) is 1. The standard InChI is InChI=1S/C20H15F3N2O2/c1-2-3-13-4-9-17-14(12-13)10-11-24-18(17)19(26)25-15-5-7-16(8-6-15)27-20(21,22)23/h2-12H,1H3,(H,25,26)/b3-2+. The third kappa shape index (κ3) is 4.63. The van der Waals surface area contributed by atoms with E-state index >= 15 is 0 Å². The highest BCUT2D eigenvalue weighted by Gasteiger charge is 2.31. The summed E-state index contributed by atoms with van der Waals surface area (Å²) in [7, 11) is 0. The van der Waals surface area contributed by atoms with E-state index in [0.29, 0.717) is 11.1 Å². The lowest BCUT2D eigenvalue weighted by Crippen LogP contribution is -2.17. The van der Waals surface area contributed by atoms with Crippen molar-refractivity contribution >= 4 is 28.4 Å². The number of nitrogens with one attached hydrogen (secondary N) is 1. The number of halogens is 3. The normalized spacial score (nSPS) is 11.7. The molecule has 1 aromatic heterocycles. The Morgan fingerprint density at radius 3 is 2.52 bits per heavy atom. The van der Waals surface area contributed by atoms with Crippen LogP contribution in [-0.2, 0) is 0 Å². The first-order valence-corrected chi connectivity index (χ1v) is 8.04. The van der Waals surface area contributed by atoms with Gasteiger partial charge in [-0.15, -0.1) is 13.2 Å². The minimum atomic E-state index is -4.76. The molecule has 0 saturated heterocycles. The van der Waals surface area contributed by atoms with Gasteiger partial charge in [0.1, 0.15) is 11.4 Å². The molecule has 0 aliphatic rings. The van der Waals surface area contributed by atoms with Crippen LogP contribution in [-0.4, -0.2) is 17.3 Å². The maximum Gasteiger partial charge on any atom is 0.573 e. The summed E-state index contributed by atoms with van der Waals surface area (Å²) in [5.41, 5.74) is 1.57. The molecule has 1 amide bonds. The summed E-state index contributed by atoms with van der Waals surface area (Å²) in [6.07, 6.45) is 0.646. The molecule has 27 heavy (non-hydrogen) atoms. The monoisotopic (exact) mass is 372 g/mol. The lowest BCUT2D eigenvalue weighted by atomic mass is 10.1. The van der Waals surface area contributed by atoms with Crippen molar-refractivity contribution in [3.63, 3.8) is 0 Å². The zero-order valence-corrected chi connectivity index (χ0v) is 14.2. The third-order valence-electron chi connectivity index (χ3n) is 3.71. The number of carbonyl (C=O) groups excluding carboxylic acids is 1. The van der Waals surface area contributed by atoms with E-state index in [1.54, 1.807) is 0 Å². The van der Waals surface area contributed by atoms with Gasteiger partial charge in [0.25, 0.3) is 5.91 Å². The molecule has 3 aromatic rings. The van der Waals surface area contributed by atoms with Crippen LogP contribution in [0.5, 0.6) is 5.75 Å². The van der Waals surface area contributed by atoms with Gasteiger partial charge in [-0.3, -0.25) is 9.78 Å². The third-order valence-corrected chi connectivity index (χ3v) is 3.71. The topological polar surface area (TPSA) is 51.2 Å². The maximum atomic E-state index is 12.6. The Morgan fingerprint density at radius 1 is 1.11 bits per heavy atom. The van der Waals surface area contributed by atoms with Crippen LogP contribution in [0.4, 0.5) is 18.9 Å². The van der Waals surface area contributed by atoms with Gasteiger partial charge >= 0.3 is 6.36 Å². The molecule has 7 heteroatoms. The van der Waals surface area contributed by atoms with Gasteiger partial charge in [0, 0.05) is 17.3 Å². The van der Waals surface area contributed by atoms with Crippen LogP contribution in [0, 0.1) is 0 Å². The highest BCUT2D eigenvalue weighted by atomic mass is 19.4. The molecule has 0 aliphatic heterocycles. The van der Waals surface area contributed by atoms with Crippen LogP contribution < -0.4 is 10.1 Å². The Kier molecular flexibility index (Phi) is 5.12. The van der Waals surface area contributed by atoms with E-state index in [9.17, 15) is 18.0 Å². The second kappa shape index (κ2) is 7.49. The van der Waals surface area contributed by atoms with Crippen molar-refractivity contribution in [2.45, 2.75) is 13.3 Å². The predicted molar refractivity (Wildman–Crippen MR) is 97.5 cm³/mol. The molecule has 0 unspecified atom stereocenters. The summed E-state index contributed by atoms with van der Waals surface area (Å²) in [6, 6.07) is 12.4. The van der Waals surface area contributed by atoms with Gasteiger partial charge < -0.3 is 10.1 Å². The van der Waals surface area contributed by atoms with E-state index in [-0.39, 0.29) is 11.4 Å². The molecule has 0 saturated carbocycles. The highest BCUT2D eigenvalue weighted by molar-refractivity contribution is 6.11. The summed E-state index contributed by atoms with van der Waals surface area (Å²) in [6.45, 7) is 1.92. The fourth-order valence-electron chi connectivity index (χ4n) is 2.60. The Labute approximate surface area is 153 Å². The average Bonchev–Trinajstić information content (AvgIpc) is 2.61. The number of benzene rings is 2. The number of anilines is 1. The number of pyridine rings is 1. The molecule has 0 atom stereocenters. The van der Waals surface area contributed by atoms with Crippen molar-refractivity contribution in [1.29, 1.82) is 0 Å². The molecule has 4 nitrogen and oxygen atoms in total. The number of carbonyl (C=O) groups is 1. The number of hydrogen-bond donors (Lipinski definition) is 1. The Morgan fingerprint density at radius 2 is 1.85 bits per heavy atom. The number of amides is 1. The lowest BCUT2D eigenvalue weighted by molar-refractivity contribution is -0.274. The first kappa shape index (κ1) is 18.4. The van der Waals surface area contributed by atoms with Gasteiger partial charge in [-0.1, -0.05) is 24.3 Å². The van der Waals surface area contributed by atoms with E-state index in [1.165, 1.54) is 18.3 Å². The summed E-state index contributed by atoms with van der Waals surface area (Å²) >= 11 is 0. The predicted octanol–water partition coefficient (Wildman–Crippen LogP) is 5.42. The summed E-state index contributed by atoms with van der Waals surface area (Å²) in [5, 5.41) is 4.17. The molecular weight excluding hydrogens is 357 g/mol. The summed E-state index contributed by atoms with van der Waals surface area (Å²) < 4.78 is 40.4. The van der Waals surface area contributed by atoms with Gasteiger partial charge in [0.2, 0.25) is 0 Å². The molecule has 0 bridgehead atoms. The molecule has 1 heterocycles. The number of ether oxygens (including phenoxy) is 1. The van der Waals surface area contributed by atoms with Crippen molar-refractivity contribution in [2.75, 3.05) is 5.32 Å². The fraction of sp³-hybridized carbons (Fsp3) is 0.100. The second-order valence-electron chi connectivity index (χ2n) is 5.67. The summed E-state index contributed by atoms with van der Waals surface area (Å²) in [4.78, 5) is 16.7. The number of allylic oxidation sites excluding steroid dienone is 1. The minimum Gasteiger partial charge on any atom is -0.406 e. The molecule has 1 N–H and O–H groups in total. The van der Waals surface area contributed by atoms with Gasteiger partial charge in [-0.2, -0.15) is 0 Å².